The summed E-state index contributed by atoms with van der Waals surface area (Å²) in [6.07, 6.45) is 0. The van der Waals surface area contributed by atoms with E-state index in [1.165, 1.54) is 0 Å². The summed E-state index contributed by atoms with van der Waals surface area (Å²) >= 11 is 0. The number of furan rings is 1. The topological polar surface area (TPSA) is 84.0 Å². The highest BCUT2D eigenvalue weighted by Gasteiger charge is 2.10. The van der Waals surface area contributed by atoms with Crippen molar-refractivity contribution in [2.24, 2.45) is 0 Å². The molecule has 0 saturated heterocycles. The third kappa shape index (κ3) is 2.38. The molecule has 0 saturated carbocycles. The minimum atomic E-state index is -0.172. The van der Waals surface area contributed by atoms with E-state index >= 15 is 0 Å². The Labute approximate surface area is 115 Å². The summed E-state index contributed by atoms with van der Waals surface area (Å²) in [6, 6.07) is 11.0. The molecule has 2 aromatic heterocycles. The lowest BCUT2D eigenvalue weighted by atomic mass is 10.2. The number of nitrogens with two attached hydrogens (primary N) is 1. The Bertz CT molecular complexity index is 770. The minimum Gasteiger partial charge on any atom is -0.465 e. The molecule has 20 heavy (non-hydrogen) atoms. The van der Waals surface area contributed by atoms with Gasteiger partial charge >= 0.3 is 0 Å². The fourth-order valence-electron chi connectivity index (χ4n) is 2.12. The van der Waals surface area contributed by atoms with Crippen LogP contribution in [0.4, 0.5) is 5.69 Å². The van der Waals surface area contributed by atoms with E-state index in [0.717, 1.165) is 22.4 Å². The lowest BCUT2D eigenvalue weighted by Crippen LogP contribution is -2.22. The smallest absolute Gasteiger partial charge is 0.268 e. The number of nitrogens with one attached hydrogen (secondary N) is 2. The predicted octanol–water partition coefficient (Wildman–Crippen LogP) is 2.58. The first-order valence-electron chi connectivity index (χ1n) is 6.33. The predicted molar refractivity (Wildman–Crippen MR) is 77.3 cm³/mol. The van der Waals surface area contributed by atoms with E-state index in [1.54, 1.807) is 12.1 Å². The maximum absolute atomic E-state index is 12.1. The standard InChI is InChI=1S/C15H15N3O2/c1-9-2-4-12(20-9)8-17-15(19)14-7-10-6-11(16)3-5-13(10)18-14/h2-7,18H,8,16H2,1H3,(H,17,19). The number of hydrogen-bond donors (Lipinski definition) is 3. The van der Waals surface area contributed by atoms with E-state index in [4.69, 9.17) is 10.2 Å². The van der Waals surface area contributed by atoms with E-state index in [2.05, 4.69) is 10.3 Å². The quantitative estimate of drug-likeness (QED) is 0.639. The van der Waals surface area contributed by atoms with Crippen molar-refractivity contribution in [2.75, 3.05) is 5.73 Å². The van der Waals surface area contributed by atoms with Gasteiger partial charge in [-0.2, -0.15) is 0 Å². The number of fused-ring (bicyclic) bond motifs is 1. The van der Waals surface area contributed by atoms with Crippen LogP contribution in [0.25, 0.3) is 10.9 Å². The molecule has 0 aliphatic rings. The van der Waals surface area contributed by atoms with E-state index in [-0.39, 0.29) is 5.91 Å². The molecule has 1 aromatic carbocycles. The Morgan fingerprint density at radius 3 is 2.90 bits per heavy atom. The average molecular weight is 269 g/mol. The van der Waals surface area contributed by atoms with Gasteiger partial charge < -0.3 is 20.5 Å². The molecule has 0 radical (unpaired) electrons. The number of nitrogen functional groups attached to an aromatic ring is 1. The highest BCUT2D eigenvalue weighted by atomic mass is 16.3. The number of benzene rings is 1. The number of aryl methyl sites for hydroxylation is 1. The molecule has 102 valence electrons. The fourth-order valence-corrected chi connectivity index (χ4v) is 2.12. The molecule has 1 amide bonds. The van der Waals surface area contributed by atoms with Crippen LogP contribution in [0, 0.1) is 6.92 Å². The molecule has 0 bridgehead atoms. The SMILES string of the molecule is Cc1ccc(CNC(=O)c2cc3cc(N)ccc3[nH]2)o1. The Kier molecular flexibility index (Phi) is 2.95. The Balaban J connectivity index is 1.75. The summed E-state index contributed by atoms with van der Waals surface area (Å²) in [5, 5.41) is 3.73. The molecular formula is C15H15N3O2. The third-order valence-corrected chi connectivity index (χ3v) is 3.11. The van der Waals surface area contributed by atoms with Gasteiger partial charge in [-0.3, -0.25) is 4.79 Å². The number of amides is 1. The Morgan fingerprint density at radius 2 is 2.15 bits per heavy atom. The number of hydrogen-bond acceptors (Lipinski definition) is 3. The highest BCUT2D eigenvalue weighted by Crippen LogP contribution is 2.18. The monoisotopic (exact) mass is 269 g/mol. The number of carbonyl (C=O) groups excluding carboxylic acids is 1. The van der Waals surface area contributed by atoms with Crippen molar-refractivity contribution in [2.45, 2.75) is 13.5 Å². The molecule has 5 nitrogen and oxygen atoms in total. The van der Waals surface area contributed by atoms with Gasteiger partial charge in [-0.15, -0.1) is 0 Å². The third-order valence-electron chi connectivity index (χ3n) is 3.11. The van der Waals surface area contributed by atoms with E-state index in [1.807, 2.05) is 31.2 Å². The van der Waals surface area contributed by atoms with Crippen LogP contribution < -0.4 is 11.1 Å². The number of aromatic amines is 1. The van der Waals surface area contributed by atoms with E-state index < -0.39 is 0 Å². The van der Waals surface area contributed by atoms with Crippen molar-refractivity contribution in [1.29, 1.82) is 0 Å². The van der Waals surface area contributed by atoms with Gasteiger partial charge in [0.05, 0.1) is 6.54 Å². The van der Waals surface area contributed by atoms with Crippen LogP contribution in [0.2, 0.25) is 0 Å². The van der Waals surface area contributed by atoms with Crippen molar-refractivity contribution in [3.8, 4) is 0 Å². The largest absolute Gasteiger partial charge is 0.465 e. The molecule has 3 rings (SSSR count). The van der Waals surface area contributed by atoms with Crippen molar-refractivity contribution < 1.29 is 9.21 Å². The minimum absolute atomic E-state index is 0.172. The molecular weight excluding hydrogens is 254 g/mol. The maximum Gasteiger partial charge on any atom is 0.268 e. The Hall–Kier alpha value is -2.69. The first kappa shape index (κ1) is 12.3. The normalized spacial score (nSPS) is 10.8. The highest BCUT2D eigenvalue weighted by molar-refractivity contribution is 5.98. The van der Waals surface area contributed by atoms with Gasteiger partial charge in [0.2, 0.25) is 0 Å². The second-order valence-electron chi connectivity index (χ2n) is 4.72. The summed E-state index contributed by atoms with van der Waals surface area (Å²) in [4.78, 5) is 15.1. The van der Waals surface area contributed by atoms with Crippen LogP contribution in [-0.4, -0.2) is 10.9 Å². The summed E-state index contributed by atoms with van der Waals surface area (Å²) in [7, 11) is 0. The Morgan fingerprint density at radius 1 is 1.30 bits per heavy atom. The number of carbonyl (C=O) groups is 1. The molecule has 5 heteroatoms. The van der Waals surface area contributed by atoms with Crippen LogP contribution >= 0.6 is 0 Å². The number of rotatable bonds is 3. The summed E-state index contributed by atoms with van der Waals surface area (Å²) in [5.74, 6) is 1.39. The van der Waals surface area contributed by atoms with Gasteiger partial charge in [0.15, 0.2) is 0 Å². The van der Waals surface area contributed by atoms with Gasteiger partial charge in [0, 0.05) is 16.6 Å². The van der Waals surface area contributed by atoms with Gasteiger partial charge in [-0.1, -0.05) is 0 Å². The molecule has 2 heterocycles. The van der Waals surface area contributed by atoms with Crippen molar-refractivity contribution in [1.82, 2.24) is 10.3 Å². The second-order valence-corrected chi connectivity index (χ2v) is 4.72. The zero-order valence-corrected chi connectivity index (χ0v) is 11.1. The second kappa shape index (κ2) is 4.77. The first-order valence-corrected chi connectivity index (χ1v) is 6.33. The average Bonchev–Trinajstić information content (AvgIpc) is 3.01. The summed E-state index contributed by atoms with van der Waals surface area (Å²) < 4.78 is 5.40. The molecule has 0 fully saturated rings. The number of aromatic nitrogens is 1. The van der Waals surface area contributed by atoms with Crippen molar-refractivity contribution in [3.63, 3.8) is 0 Å². The van der Waals surface area contributed by atoms with Crippen LogP contribution in [0.15, 0.2) is 40.8 Å². The first-order chi connectivity index (χ1) is 9.61. The molecule has 0 aliphatic carbocycles. The molecule has 0 aliphatic heterocycles. The summed E-state index contributed by atoms with van der Waals surface area (Å²) in [6.45, 7) is 2.23. The maximum atomic E-state index is 12.1. The molecule has 0 atom stereocenters. The van der Waals surface area contributed by atoms with E-state index in [9.17, 15) is 4.79 Å². The fraction of sp³-hybridized carbons (Fsp3) is 0.133. The molecule has 4 N–H and O–H groups in total. The zero-order chi connectivity index (χ0) is 14.1. The molecule has 3 aromatic rings. The van der Waals surface area contributed by atoms with Gasteiger partial charge in [-0.05, 0) is 43.3 Å². The van der Waals surface area contributed by atoms with Crippen LogP contribution in [0.1, 0.15) is 22.0 Å². The van der Waals surface area contributed by atoms with Gasteiger partial charge in [0.25, 0.3) is 5.91 Å². The lowest BCUT2D eigenvalue weighted by molar-refractivity contribution is 0.0943. The van der Waals surface area contributed by atoms with Crippen LogP contribution in [0.5, 0.6) is 0 Å². The van der Waals surface area contributed by atoms with Crippen LogP contribution in [0.3, 0.4) is 0 Å². The van der Waals surface area contributed by atoms with Crippen molar-refractivity contribution >= 4 is 22.5 Å². The molecule has 0 unspecified atom stereocenters. The van der Waals surface area contributed by atoms with Crippen molar-refractivity contribution in [3.05, 3.63) is 53.6 Å². The van der Waals surface area contributed by atoms with Crippen LogP contribution in [-0.2, 0) is 6.54 Å². The van der Waals surface area contributed by atoms with E-state index in [0.29, 0.717) is 17.9 Å². The van der Waals surface area contributed by atoms with Gasteiger partial charge in [0.1, 0.15) is 17.2 Å². The zero-order valence-electron chi connectivity index (χ0n) is 11.1. The summed E-state index contributed by atoms with van der Waals surface area (Å²) in [5.41, 5.74) is 7.79. The number of H-pyrrole nitrogens is 1. The number of anilines is 1. The van der Waals surface area contributed by atoms with Gasteiger partial charge in [-0.25, -0.2) is 0 Å². The molecule has 0 spiro atoms. The lowest BCUT2D eigenvalue weighted by Gasteiger charge is -2.00.